The predicted molar refractivity (Wildman–Crippen MR) is 94.9 cm³/mol. The van der Waals surface area contributed by atoms with Crippen molar-refractivity contribution in [1.29, 1.82) is 0 Å². The molecule has 2 aromatic rings. The van der Waals surface area contributed by atoms with Crippen LogP contribution in [0.2, 0.25) is 0 Å². The number of hydrogen-bond acceptors (Lipinski definition) is 5. The highest BCUT2D eigenvalue weighted by atomic mass is 32.1. The van der Waals surface area contributed by atoms with E-state index in [1.807, 2.05) is 29.6 Å². The fourth-order valence-corrected chi connectivity index (χ4v) is 2.78. The van der Waals surface area contributed by atoms with Crippen molar-refractivity contribution in [3.05, 3.63) is 29.6 Å². The van der Waals surface area contributed by atoms with Crippen LogP contribution in [0.1, 0.15) is 32.6 Å². The molecule has 1 aromatic heterocycles. The monoisotopic (exact) mass is 333 g/mol. The summed E-state index contributed by atoms with van der Waals surface area (Å²) in [6.45, 7) is 3.26. The fourth-order valence-electron chi connectivity index (χ4n) is 2.04. The Labute approximate surface area is 140 Å². The quantitative estimate of drug-likeness (QED) is 0.686. The normalized spacial score (nSPS) is 10.5. The number of benzene rings is 1. The van der Waals surface area contributed by atoms with E-state index in [0.717, 1.165) is 30.0 Å². The Morgan fingerprint density at radius 1 is 1.30 bits per heavy atom. The smallest absolute Gasteiger partial charge is 0.227 e. The first-order valence-electron chi connectivity index (χ1n) is 7.91. The van der Waals surface area contributed by atoms with E-state index in [9.17, 15) is 4.79 Å². The van der Waals surface area contributed by atoms with E-state index in [0.29, 0.717) is 18.1 Å². The SMILES string of the molecule is CCCCCOc1ccc(-c2csc(NC(=O)CCN)n2)cc1. The second kappa shape index (κ2) is 9.27. The van der Waals surface area contributed by atoms with Crippen LogP contribution >= 0.6 is 11.3 Å². The molecule has 5 nitrogen and oxygen atoms in total. The molecule has 1 heterocycles. The number of hydrogen-bond donors (Lipinski definition) is 2. The van der Waals surface area contributed by atoms with Gasteiger partial charge in [0.1, 0.15) is 5.75 Å². The van der Waals surface area contributed by atoms with Crippen LogP contribution in [0.25, 0.3) is 11.3 Å². The molecular formula is C17H23N3O2S. The minimum Gasteiger partial charge on any atom is -0.494 e. The summed E-state index contributed by atoms with van der Waals surface area (Å²) >= 11 is 1.41. The molecule has 0 aliphatic rings. The summed E-state index contributed by atoms with van der Waals surface area (Å²) < 4.78 is 5.70. The summed E-state index contributed by atoms with van der Waals surface area (Å²) in [7, 11) is 0. The number of thiazole rings is 1. The number of rotatable bonds is 9. The van der Waals surface area contributed by atoms with Gasteiger partial charge in [-0.3, -0.25) is 4.79 Å². The first-order valence-corrected chi connectivity index (χ1v) is 8.79. The molecular weight excluding hydrogens is 310 g/mol. The number of unbranched alkanes of at least 4 members (excludes halogenated alkanes) is 2. The Kier molecular flexibility index (Phi) is 7.03. The topological polar surface area (TPSA) is 77.2 Å². The molecule has 23 heavy (non-hydrogen) atoms. The number of nitrogens with one attached hydrogen (secondary N) is 1. The van der Waals surface area contributed by atoms with Crippen LogP contribution in [0, 0.1) is 0 Å². The number of amides is 1. The third-order valence-corrected chi connectivity index (χ3v) is 4.05. The second-order valence-corrected chi connectivity index (χ2v) is 6.06. The van der Waals surface area contributed by atoms with Crippen LogP contribution in [0.4, 0.5) is 5.13 Å². The lowest BCUT2D eigenvalue weighted by Crippen LogP contribution is -2.15. The molecule has 0 aliphatic heterocycles. The van der Waals surface area contributed by atoms with Crippen LogP contribution < -0.4 is 15.8 Å². The van der Waals surface area contributed by atoms with Crippen LogP contribution in [0.5, 0.6) is 5.75 Å². The van der Waals surface area contributed by atoms with Gasteiger partial charge in [-0.15, -0.1) is 11.3 Å². The Balaban J connectivity index is 1.91. The molecule has 1 aromatic carbocycles. The van der Waals surface area contributed by atoms with Crippen LogP contribution in [0.15, 0.2) is 29.6 Å². The number of aromatic nitrogens is 1. The highest BCUT2D eigenvalue weighted by Crippen LogP contribution is 2.26. The Hall–Kier alpha value is -1.92. The lowest BCUT2D eigenvalue weighted by atomic mass is 10.2. The molecule has 1 amide bonds. The number of nitrogens with two attached hydrogens (primary N) is 1. The number of nitrogens with zero attached hydrogens (tertiary/aromatic N) is 1. The van der Waals surface area contributed by atoms with Gasteiger partial charge in [0.2, 0.25) is 5.91 Å². The van der Waals surface area contributed by atoms with Crippen molar-refractivity contribution in [2.24, 2.45) is 5.73 Å². The summed E-state index contributed by atoms with van der Waals surface area (Å²) in [6.07, 6.45) is 3.76. The van der Waals surface area contributed by atoms with Gasteiger partial charge in [-0.1, -0.05) is 19.8 Å². The molecule has 0 fully saturated rings. The highest BCUT2D eigenvalue weighted by Gasteiger charge is 2.07. The average molecular weight is 333 g/mol. The molecule has 6 heteroatoms. The Morgan fingerprint density at radius 3 is 2.78 bits per heavy atom. The predicted octanol–water partition coefficient (Wildman–Crippen LogP) is 3.67. The molecule has 3 N–H and O–H groups in total. The zero-order valence-electron chi connectivity index (χ0n) is 13.4. The van der Waals surface area contributed by atoms with Gasteiger partial charge in [0, 0.05) is 23.9 Å². The van der Waals surface area contributed by atoms with Gasteiger partial charge in [0.15, 0.2) is 5.13 Å². The van der Waals surface area contributed by atoms with E-state index in [4.69, 9.17) is 10.5 Å². The van der Waals surface area contributed by atoms with E-state index in [2.05, 4.69) is 17.2 Å². The summed E-state index contributed by atoms with van der Waals surface area (Å²) in [5.41, 5.74) is 7.20. The molecule has 0 bridgehead atoms. The molecule has 0 aliphatic carbocycles. The maximum absolute atomic E-state index is 11.5. The van der Waals surface area contributed by atoms with Gasteiger partial charge in [0.05, 0.1) is 12.3 Å². The molecule has 2 rings (SSSR count). The standard InChI is InChI=1S/C17H23N3O2S/c1-2-3-4-11-22-14-7-5-13(6-8-14)15-12-23-17(19-15)20-16(21)9-10-18/h5-8,12H,2-4,9-11,18H2,1H3,(H,19,20,21). The van der Waals surface area contributed by atoms with Crippen molar-refractivity contribution in [3.8, 4) is 17.0 Å². The average Bonchev–Trinajstić information content (AvgIpc) is 3.01. The maximum atomic E-state index is 11.5. The number of anilines is 1. The summed E-state index contributed by atoms with van der Waals surface area (Å²) in [4.78, 5) is 15.9. The third-order valence-electron chi connectivity index (χ3n) is 3.29. The summed E-state index contributed by atoms with van der Waals surface area (Å²) in [5.74, 6) is 0.765. The zero-order chi connectivity index (χ0) is 16.5. The number of carbonyl (C=O) groups is 1. The molecule has 0 unspecified atom stereocenters. The number of ether oxygens (including phenoxy) is 1. The van der Waals surface area contributed by atoms with Crippen molar-refractivity contribution in [1.82, 2.24) is 4.98 Å². The van der Waals surface area contributed by atoms with E-state index in [-0.39, 0.29) is 5.91 Å². The van der Waals surface area contributed by atoms with E-state index in [1.54, 1.807) is 0 Å². The van der Waals surface area contributed by atoms with E-state index < -0.39 is 0 Å². The van der Waals surface area contributed by atoms with Crippen molar-refractivity contribution in [2.75, 3.05) is 18.5 Å². The van der Waals surface area contributed by atoms with E-state index in [1.165, 1.54) is 24.2 Å². The van der Waals surface area contributed by atoms with Crippen molar-refractivity contribution < 1.29 is 9.53 Å². The minimum absolute atomic E-state index is 0.107. The first kappa shape index (κ1) is 17.4. The van der Waals surface area contributed by atoms with Gasteiger partial charge in [0.25, 0.3) is 0 Å². The molecule has 0 atom stereocenters. The van der Waals surface area contributed by atoms with Crippen LogP contribution in [0.3, 0.4) is 0 Å². The maximum Gasteiger partial charge on any atom is 0.227 e. The molecule has 0 saturated carbocycles. The van der Waals surface area contributed by atoms with Crippen molar-refractivity contribution in [3.63, 3.8) is 0 Å². The van der Waals surface area contributed by atoms with Gasteiger partial charge in [-0.2, -0.15) is 0 Å². The largest absolute Gasteiger partial charge is 0.494 e. The molecule has 0 saturated heterocycles. The van der Waals surface area contributed by atoms with Crippen molar-refractivity contribution in [2.45, 2.75) is 32.6 Å². The molecule has 124 valence electrons. The van der Waals surface area contributed by atoms with Crippen molar-refractivity contribution >= 4 is 22.4 Å². The lowest BCUT2D eigenvalue weighted by Gasteiger charge is -2.06. The highest BCUT2D eigenvalue weighted by molar-refractivity contribution is 7.14. The minimum atomic E-state index is -0.107. The van der Waals surface area contributed by atoms with Gasteiger partial charge in [-0.25, -0.2) is 4.98 Å². The fraction of sp³-hybridized carbons (Fsp3) is 0.412. The lowest BCUT2D eigenvalue weighted by molar-refractivity contribution is -0.116. The Morgan fingerprint density at radius 2 is 2.09 bits per heavy atom. The summed E-state index contributed by atoms with van der Waals surface area (Å²) in [6, 6.07) is 7.87. The third kappa shape index (κ3) is 5.65. The second-order valence-electron chi connectivity index (χ2n) is 5.20. The Bertz CT molecular complexity index is 611. The van der Waals surface area contributed by atoms with Gasteiger partial charge < -0.3 is 15.8 Å². The van der Waals surface area contributed by atoms with Crippen LogP contribution in [-0.4, -0.2) is 24.0 Å². The molecule has 0 radical (unpaired) electrons. The zero-order valence-corrected chi connectivity index (χ0v) is 14.2. The number of carbonyl (C=O) groups excluding carboxylic acids is 1. The summed E-state index contributed by atoms with van der Waals surface area (Å²) in [5, 5.41) is 5.27. The molecule has 0 spiro atoms. The van der Waals surface area contributed by atoms with Gasteiger partial charge in [-0.05, 0) is 30.7 Å². The van der Waals surface area contributed by atoms with Gasteiger partial charge >= 0.3 is 0 Å². The van der Waals surface area contributed by atoms with E-state index >= 15 is 0 Å². The first-order chi connectivity index (χ1) is 11.2. The van der Waals surface area contributed by atoms with Crippen LogP contribution in [-0.2, 0) is 4.79 Å².